The summed E-state index contributed by atoms with van der Waals surface area (Å²) in [6.45, 7) is 6.41. The van der Waals surface area contributed by atoms with Gasteiger partial charge in [0.05, 0.1) is 6.54 Å². The van der Waals surface area contributed by atoms with Crippen LogP contribution in [0.3, 0.4) is 0 Å². The minimum atomic E-state index is -0.855. The normalized spacial score (nSPS) is 23.3. The summed E-state index contributed by atoms with van der Waals surface area (Å²) in [5.74, 6) is 0.196. The summed E-state index contributed by atoms with van der Waals surface area (Å²) >= 11 is 0. The number of carboxylic acids is 1. The first kappa shape index (κ1) is 14.5. The van der Waals surface area contributed by atoms with Crippen molar-refractivity contribution in [3.05, 3.63) is 12.2 Å². The highest BCUT2D eigenvalue weighted by Crippen LogP contribution is 2.27. The lowest BCUT2D eigenvalue weighted by molar-refractivity contribution is -0.145. The minimum Gasteiger partial charge on any atom is -0.480 e. The SMILES string of the molecule is CC(CC(C)(NC1CC1)C(=O)O)N1CCn2cnnc2C1. The van der Waals surface area contributed by atoms with Gasteiger partial charge in [-0.3, -0.25) is 15.0 Å². The third kappa shape index (κ3) is 3.08. The fourth-order valence-corrected chi connectivity index (χ4v) is 3.07. The van der Waals surface area contributed by atoms with Gasteiger partial charge in [-0.2, -0.15) is 0 Å². The molecule has 2 heterocycles. The number of rotatable bonds is 6. The molecule has 2 atom stereocenters. The molecule has 2 unspecified atom stereocenters. The maximum atomic E-state index is 11.7. The molecule has 1 fully saturated rings. The predicted molar refractivity (Wildman–Crippen MR) is 76.7 cm³/mol. The average Bonchev–Trinajstić information content (AvgIpc) is 3.11. The second kappa shape index (κ2) is 5.38. The topological polar surface area (TPSA) is 83.3 Å². The zero-order chi connectivity index (χ0) is 15.0. The van der Waals surface area contributed by atoms with Gasteiger partial charge < -0.3 is 9.67 Å². The number of hydrogen-bond acceptors (Lipinski definition) is 5. The molecule has 21 heavy (non-hydrogen) atoms. The van der Waals surface area contributed by atoms with E-state index in [-0.39, 0.29) is 6.04 Å². The van der Waals surface area contributed by atoms with E-state index in [1.165, 1.54) is 0 Å². The van der Waals surface area contributed by atoms with Gasteiger partial charge in [0.15, 0.2) is 0 Å². The average molecular weight is 293 g/mol. The lowest BCUT2D eigenvalue weighted by atomic mass is 9.92. The Morgan fingerprint density at radius 3 is 3.00 bits per heavy atom. The highest BCUT2D eigenvalue weighted by molar-refractivity contribution is 5.78. The summed E-state index contributed by atoms with van der Waals surface area (Å²) in [7, 11) is 0. The minimum absolute atomic E-state index is 0.183. The maximum Gasteiger partial charge on any atom is 0.323 e. The van der Waals surface area contributed by atoms with Gasteiger partial charge in [-0.15, -0.1) is 10.2 Å². The highest BCUT2D eigenvalue weighted by Gasteiger charge is 2.40. The molecule has 116 valence electrons. The predicted octanol–water partition coefficient (Wildman–Crippen LogP) is 0.468. The number of carbonyl (C=O) groups is 1. The smallest absolute Gasteiger partial charge is 0.323 e. The van der Waals surface area contributed by atoms with Crippen molar-refractivity contribution in [2.24, 2.45) is 0 Å². The molecule has 2 N–H and O–H groups in total. The van der Waals surface area contributed by atoms with Crippen LogP contribution in [-0.2, 0) is 17.9 Å². The van der Waals surface area contributed by atoms with E-state index >= 15 is 0 Å². The van der Waals surface area contributed by atoms with Gasteiger partial charge in [-0.1, -0.05) is 0 Å². The largest absolute Gasteiger partial charge is 0.480 e. The summed E-state index contributed by atoms with van der Waals surface area (Å²) < 4.78 is 2.06. The van der Waals surface area contributed by atoms with Crippen LogP contribution in [0.4, 0.5) is 0 Å². The Bertz CT molecular complexity index is 527. The van der Waals surface area contributed by atoms with E-state index in [1.807, 2.05) is 0 Å². The molecule has 0 spiro atoms. The molecule has 0 amide bonds. The zero-order valence-electron chi connectivity index (χ0n) is 12.6. The molecule has 0 aromatic carbocycles. The van der Waals surface area contributed by atoms with E-state index in [9.17, 15) is 9.90 Å². The first-order valence-electron chi connectivity index (χ1n) is 7.60. The Hall–Kier alpha value is -1.47. The molecule has 0 bridgehead atoms. The van der Waals surface area contributed by atoms with E-state index in [0.717, 1.165) is 38.3 Å². The van der Waals surface area contributed by atoms with Gasteiger partial charge in [-0.25, -0.2) is 0 Å². The van der Waals surface area contributed by atoms with Crippen molar-refractivity contribution in [1.29, 1.82) is 0 Å². The number of aromatic nitrogens is 3. The fourth-order valence-electron chi connectivity index (χ4n) is 3.07. The molecule has 1 aromatic rings. The number of carboxylic acid groups (broad SMARTS) is 1. The van der Waals surface area contributed by atoms with Gasteiger partial charge >= 0.3 is 5.97 Å². The van der Waals surface area contributed by atoms with E-state index in [2.05, 4.69) is 31.9 Å². The molecule has 3 rings (SSSR count). The molecule has 7 nitrogen and oxygen atoms in total. The van der Waals surface area contributed by atoms with Gasteiger partial charge in [0.25, 0.3) is 0 Å². The van der Waals surface area contributed by atoms with Crippen molar-refractivity contribution in [2.75, 3.05) is 6.54 Å². The van der Waals surface area contributed by atoms with Crippen molar-refractivity contribution >= 4 is 5.97 Å². The van der Waals surface area contributed by atoms with Crippen LogP contribution < -0.4 is 5.32 Å². The first-order chi connectivity index (χ1) is 9.98. The second-order valence-electron chi connectivity index (χ2n) is 6.52. The molecular formula is C14H23N5O2. The molecule has 0 radical (unpaired) electrons. The third-order valence-corrected chi connectivity index (χ3v) is 4.57. The van der Waals surface area contributed by atoms with Crippen LogP contribution in [0.2, 0.25) is 0 Å². The first-order valence-corrected chi connectivity index (χ1v) is 7.60. The lowest BCUT2D eigenvalue weighted by Crippen LogP contribution is -2.54. The quantitative estimate of drug-likeness (QED) is 0.793. The van der Waals surface area contributed by atoms with Crippen molar-refractivity contribution in [3.63, 3.8) is 0 Å². The Morgan fingerprint density at radius 1 is 1.57 bits per heavy atom. The van der Waals surface area contributed by atoms with Crippen LogP contribution in [0, 0.1) is 0 Å². The molecule has 0 saturated heterocycles. The van der Waals surface area contributed by atoms with Gasteiger partial charge in [0, 0.05) is 25.2 Å². The van der Waals surface area contributed by atoms with Gasteiger partial charge in [0.2, 0.25) is 0 Å². The molecule has 7 heteroatoms. The summed E-state index contributed by atoms with van der Waals surface area (Å²) in [5, 5.41) is 20.9. The molecule has 1 aliphatic carbocycles. The van der Waals surface area contributed by atoms with Gasteiger partial charge in [-0.05, 0) is 33.1 Å². The van der Waals surface area contributed by atoms with Crippen LogP contribution >= 0.6 is 0 Å². The van der Waals surface area contributed by atoms with E-state index < -0.39 is 11.5 Å². The fraction of sp³-hybridized carbons (Fsp3) is 0.786. The Morgan fingerprint density at radius 2 is 2.33 bits per heavy atom. The maximum absolute atomic E-state index is 11.7. The van der Waals surface area contributed by atoms with Crippen molar-refractivity contribution in [1.82, 2.24) is 25.0 Å². The summed E-state index contributed by atoms with van der Waals surface area (Å²) in [6.07, 6.45) is 4.52. The second-order valence-corrected chi connectivity index (χ2v) is 6.52. The summed E-state index contributed by atoms with van der Waals surface area (Å²) in [6, 6.07) is 0.561. The summed E-state index contributed by atoms with van der Waals surface area (Å²) in [5.41, 5.74) is -0.855. The van der Waals surface area contributed by atoms with Crippen LogP contribution in [0.1, 0.15) is 38.9 Å². The van der Waals surface area contributed by atoms with Gasteiger partial charge in [0.1, 0.15) is 17.7 Å². The number of nitrogens with one attached hydrogen (secondary N) is 1. The molecule has 2 aliphatic rings. The highest BCUT2D eigenvalue weighted by atomic mass is 16.4. The Labute approximate surface area is 124 Å². The zero-order valence-corrected chi connectivity index (χ0v) is 12.6. The van der Waals surface area contributed by atoms with E-state index in [1.54, 1.807) is 13.3 Å². The van der Waals surface area contributed by atoms with Crippen LogP contribution in [0.15, 0.2) is 6.33 Å². The number of hydrogen-bond donors (Lipinski definition) is 2. The molecule has 1 saturated carbocycles. The van der Waals surface area contributed by atoms with Crippen molar-refractivity contribution in [2.45, 2.75) is 63.8 Å². The lowest BCUT2D eigenvalue weighted by Gasteiger charge is -2.37. The van der Waals surface area contributed by atoms with Crippen molar-refractivity contribution in [3.8, 4) is 0 Å². The van der Waals surface area contributed by atoms with Crippen LogP contribution in [0.25, 0.3) is 0 Å². The number of aliphatic carboxylic acids is 1. The number of fused-ring (bicyclic) bond motifs is 1. The number of nitrogens with zero attached hydrogens (tertiary/aromatic N) is 4. The van der Waals surface area contributed by atoms with Crippen molar-refractivity contribution < 1.29 is 9.90 Å². The third-order valence-electron chi connectivity index (χ3n) is 4.57. The Kier molecular flexibility index (Phi) is 3.71. The summed E-state index contributed by atoms with van der Waals surface area (Å²) in [4.78, 5) is 13.9. The standard InChI is InChI=1S/C14H23N5O2/c1-10(7-14(2,13(20)21)16-11-3-4-11)18-5-6-19-9-15-17-12(19)8-18/h9-11,16H,3-8H2,1-2H3,(H,20,21). The van der Waals surface area contributed by atoms with Crippen LogP contribution in [-0.4, -0.2) is 54.9 Å². The Balaban J connectivity index is 1.64. The van der Waals surface area contributed by atoms with E-state index in [4.69, 9.17) is 0 Å². The van der Waals surface area contributed by atoms with E-state index in [0.29, 0.717) is 12.5 Å². The molecule has 1 aliphatic heterocycles. The monoisotopic (exact) mass is 293 g/mol. The molecule has 1 aromatic heterocycles. The molecular weight excluding hydrogens is 270 g/mol. The van der Waals surface area contributed by atoms with Crippen LogP contribution in [0.5, 0.6) is 0 Å².